The number of carbonyl (C=O) groups excluding carboxylic acids is 2. The molecule has 9 nitrogen and oxygen atoms in total. The highest BCUT2D eigenvalue weighted by atomic mass is 16.5. The number of rotatable bonds is 5. The Morgan fingerprint density at radius 2 is 2.03 bits per heavy atom. The van der Waals surface area contributed by atoms with Crippen molar-refractivity contribution in [2.24, 2.45) is 5.41 Å². The van der Waals surface area contributed by atoms with Crippen LogP contribution in [0.1, 0.15) is 76.1 Å². The van der Waals surface area contributed by atoms with E-state index >= 15 is 0 Å². The van der Waals surface area contributed by atoms with Gasteiger partial charge in [0.15, 0.2) is 0 Å². The van der Waals surface area contributed by atoms with Gasteiger partial charge in [0.25, 0.3) is 0 Å². The predicted molar refractivity (Wildman–Crippen MR) is 131 cm³/mol. The maximum absolute atomic E-state index is 13.9. The molecule has 2 N–H and O–H groups in total. The molecule has 36 heavy (non-hydrogen) atoms. The fourth-order valence-corrected chi connectivity index (χ4v) is 6.14. The molecule has 4 aliphatic rings. The second-order valence-corrected chi connectivity index (χ2v) is 12.1. The summed E-state index contributed by atoms with van der Waals surface area (Å²) < 4.78 is 7.48. The number of nitrogens with one attached hydrogen (secondary N) is 1. The molecule has 6 rings (SSSR count). The molecule has 2 aromatic rings. The summed E-state index contributed by atoms with van der Waals surface area (Å²) in [6.45, 7) is 6.74. The van der Waals surface area contributed by atoms with Gasteiger partial charge in [-0.3, -0.25) is 9.59 Å². The van der Waals surface area contributed by atoms with E-state index in [9.17, 15) is 14.7 Å². The summed E-state index contributed by atoms with van der Waals surface area (Å²) in [5, 5.41) is 22.3. The Bertz CT molecular complexity index is 1180. The molecule has 0 bridgehead atoms. The van der Waals surface area contributed by atoms with Crippen molar-refractivity contribution in [2.75, 3.05) is 13.2 Å². The van der Waals surface area contributed by atoms with Crippen molar-refractivity contribution in [3.05, 3.63) is 41.7 Å². The number of β-amino-alcohol motifs (C(OH)–C–C–N with tert-alkyl or cyclic N) is 1. The Morgan fingerprint density at radius 3 is 2.78 bits per heavy atom. The lowest BCUT2D eigenvalue weighted by molar-refractivity contribution is -0.144. The average Bonchev–Trinajstić information content (AvgIpc) is 3.69. The van der Waals surface area contributed by atoms with E-state index in [1.165, 1.54) is 0 Å². The minimum atomic E-state index is -0.736. The first-order valence-electron chi connectivity index (χ1n) is 13.1. The van der Waals surface area contributed by atoms with Crippen LogP contribution in [-0.4, -0.2) is 68.2 Å². The lowest BCUT2D eigenvalue weighted by Crippen LogP contribution is -2.51. The highest BCUT2D eigenvalue weighted by molar-refractivity contribution is 5.90. The zero-order valence-corrected chi connectivity index (χ0v) is 21.2. The first-order valence-corrected chi connectivity index (χ1v) is 13.1. The fourth-order valence-electron chi connectivity index (χ4n) is 6.14. The van der Waals surface area contributed by atoms with Crippen LogP contribution >= 0.6 is 0 Å². The van der Waals surface area contributed by atoms with Gasteiger partial charge in [-0.2, -0.15) is 0 Å². The summed E-state index contributed by atoms with van der Waals surface area (Å²) in [4.78, 5) is 29.0. The molecule has 2 aliphatic carbocycles. The van der Waals surface area contributed by atoms with Crippen LogP contribution in [0.4, 0.5) is 0 Å². The normalized spacial score (nSPS) is 30.0. The van der Waals surface area contributed by atoms with Gasteiger partial charge in [0.1, 0.15) is 17.8 Å². The molecule has 1 aromatic heterocycles. The van der Waals surface area contributed by atoms with Gasteiger partial charge in [-0.05, 0) is 37.2 Å². The standard InChI is InChI=1S/C27H35N5O4/c1-26(2,3)23(32-15-19(29-30-32)16-8-9-16)25(35)31-14-17(33)12-20(31)24(34)28-22-13-27(22)10-11-36-21-7-5-4-6-18(21)27/h4-7,15-17,20,22-23,33H,8-14H2,1-3H3,(H,28,34)/t17-,20+,22-,23-,27+/m1/s1. The largest absolute Gasteiger partial charge is 0.493 e. The third kappa shape index (κ3) is 3.97. The Hall–Kier alpha value is -2.94. The van der Waals surface area contributed by atoms with E-state index in [1.807, 2.05) is 45.2 Å². The van der Waals surface area contributed by atoms with Crippen LogP contribution in [0.3, 0.4) is 0 Å². The molecule has 3 fully saturated rings. The third-order valence-corrected chi connectivity index (χ3v) is 8.33. The van der Waals surface area contributed by atoms with E-state index in [0.29, 0.717) is 12.5 Å². The lowest BCUT2D eigenvalue weighted by atomic mass is 9.85. The van der Waals surface area contributed by atoms with Gasteiger partial charge < -0.3 is 20.1 Å². The molecule has 9 heteroatoms. The molecule has 5 atom stereocenters. The first-order chi connectivity index (χ1) is 17.2. The van der Waals surface area contributed by atoms with Crippen LogP contribution in [0.5, 0.6) is 5.75 Å². The smallest absolute Gasteiger partial charge is 0.248 e. The van der Waals surface area contributed by atoms with E-state index in [2.05, 4.69) is 21.7 Å². The first kappa shape index (κ1) is 23.5. The Balaban J connectivity index is 1.21. The summed E-state index contributed by atoms with van der Waals surface area (Å²) in [5.41, 5.74) is 1.51. The number of nitrogens with zero attached hydrogens (tertiary/aromatic N) is 4. The second kappa shape index (κ2) is 8.30. The number of aliphatic hydroxyl groups excluding tert-OH is 1. The molecule has 0 unspecified atom stereocenters. The Morgan fingerprint density at radius 1 is 1.25 bits per heavy atom. The van der Waals surface area contributed by atoms with Crippen molar-refractivity contribution in [3.63, 3.8) is 0 Å². The van der Waals surface area contributed by atoms with Crippen molar-refractivity contribution in [2.45, 2.75) is 88.4 Å². The van der Waals surface area contributed by atoms with Crippen LogP contribution in [-0.2, 0) is 15.0 Å². The van der Waals surface area contributed by atoms with Gasteiger partial charge in [0.2, 0.25) is 11.8 Å². The fraction of sp³-hybridized carbons (Fsp3) is 0.630. The summed E-state index contributed by atoms with van der Waals surface area (Å²) in [5.74, 6) is 0.923. The zero-order valence-electron chi connectivity index (χ0n) is 21.2. The molecule has 1 spiro atoms. The Labute approximate surface area is 211 Å². The number of para-hydroxylation sites is 1. The number of benzene rings is 1. The van der Waals surface area contributed by atoms with Gasteiger partial charge >= 0.3 is 0 Å². The maximum Gasteiger partial charge on any atom is 0.248 e. The van der Waals surface area contributed by atoms with Gasteiger partial charge in [0.05, 0.1) is 18.4 Å². The molecule has 1 aromatic carbocycles. The second-order valence-electron chi connectivity index (χ2n) is 12.1. The van der Waals surface area contributed by atoms with Crippen molar-refractivity contribution in [1.82, 2.24) is 25.2 Å². The van der Waals surface area contributed by atoms with E-state index < -0.39 is 23.6 Å². The van der Waals surface area contributed by atoms with Crippen LogP contribution in [0.15, 0.2) is 30.5 Å². The SMILES string of the molecule is CC(C)(C)[C@@H](C(=O)N1C[C@H](O)C[C@H]1C(=O)N[C@@H]1C[C@]12CCOc1ccccc12)n1cc(C2CC2)nn1. The van der Waals surface area contributed by atoms with Crippen molar-refractivity contribution in [1.29, 1.82) is 0 Å². The molecular formula is C27H35N5O4. The predicted octanol–water partition coefficient (Wildman–Crippen LogP) is 2.31. The van der Waals surface area contributed by atoms with E-state index in [-0.39, 0.29) is 36.2 Å². The summed E-state index contributed by atoms with van der Waals surface area (Å²) >= 11 is 0. The summed E-state index contributed by atoms with van der Waals surface area (Å²) in [7, 11) is 0. The number of fused-ring (bicyclic) bond motifs is 2. The molecule has 2 aliphatic heterocycles. The van der Waals surface area contributed by atoms with Gasteiger partial charge in [0, 0.05) is 42.1 Å². The number of aliphatic hydroxyl groups is 1. The number of aromatic nitrogens is 3. The quantitative estimate of drug-likeness (QED) is 0.662. The van der Waals surface area contributed by atoms with Gasteiger partial charge in [-0.1, -0.05) is 44.2 Å². The van der Waals surface area contributed by atoms with E-state index in [4.69, 9.17) is 4.74 Å². The zero-order chi connectivity index (χ0) is 25.2. The number of hydrogen-bond acceptors (Lipinski definition) is 6. The monoisotopic (exact) mass is 493 g/mol. The van der Waals surface area contributed by atoms with Crippen LogP contribution < -0.4 is 10.1 Å². The topological polar surface area (TPSA) is 110 Å². The summed E-state index contributed by atoms with van der Waals surface area (Å²) in [6.07, 6.45) is 5.30. The van der Waals surface area contributed by atoms with Crippen LogP contribution in [0.25, 0.3) is 0 Å². The highest BCUT2D eigenvalue weighted by Crippen LogP contribution is 2.56. The van der Waals surface area contributed by atoms with E-state index in [0.717, 1.165) is 42.7 Å². The molecule has 1 saturated heterocycles. The number of likely N-dealkylation sites (tertiary alicyclic amines) is 1. The summed E-state index contributed by atoms with van der Waals surface area (Å²) in [6, 6.07) is 6.70. The average molecular weight is 494 g/mol. The highest BCUT2D eigenvalue weighted by Gasteiger charge is 2.59. The number of hydrogen-bond donors (Lipinski definition) is 2. The van der Waals surface area contributed by atoms with Gasteiger partial charge in [-0.25, -0.2) is 4.68 Å². The molecule has 192 valence electrons. The molecular weight excluding hydrogens is 458 g/mol. The molecule has 2 saturated carbocycles. The van der Waals surface area contributed by atoms with Gasteiger partial charge in [-0.15, -0.1) is 5.10 Å². The van der Waals surface area contributed by atoms with Crippen molar-refractivity contribution >= 4 is 11.8 Å². The minimum absolute atomic E-state index is 0.000395. The van der Waals surface area contributed by atoms with Crippen molar-refractivity contribution < 1.29 is 19.4 Å². The number of ether oxygens (including phenoxy) is 1. The number of amides is 2. The lowest BCUT2D eigenvalue weighted by Gasteiger charge is -2.34. The molecule has 0 radical (unpaired) electrons. The maximum atomic E-state index is 13.9. The van der Waals surface area contributed by atoms with E-state index in [1.54, 1.807) is 9.58 Å². The Kier molecular flexibility index (Phi) is 5.41. The molecule has 3 heterocycles. The third-order valence-electron chi connectivity index (χ3n) is 8.33. The minimum Gasteiger partial charge on any atom is -0.493 e. The van der Waals surface area contributed by atoms with Crippen LogP contribution in [0, 0.1) is 5.41 Å². The van der Waals surface area contributed by atoms with Crippen LogP contribution in [0.2, 0.25) is 0 Å². The number of carbonyl (C=O) groups is 2. The molecule has 2 amide bonds. The van der Waals surface area contributed by atoms with Crippen molar-refractivity contribution in [3.8, 4) is 5.75 Å².